The van der Waals surface area contributed by atoms with Gasteiger partial charge >= 0.3 is 119 Å². The normalized spacial score (nSPS) is 17.7. The Hall–Kier alpha value is 0.518. The molecule has 0 aliphatic rings. The van der Waals surface area contributed by atoms with E-state index in [1.54, 1.807) is 0 Å². The molecule has 0 atom stereocenters. The molecule has 0 aliphatic heterocycles. The van der Waals surface area contributed by atoms with Crippen LogP contribution in [-0.4, -0.2) is 0 Å². The fraction of sp³-hybridized carbons (Fsp3) is 0. The van der Waals surface area contributed by atoms with E-state index in [0.717, 1.165) is 0 Å². The predicted molar refractivity (Wildman–Crippen MR) is 6.18 cm³/mol. The summed E-state index contributed by atoms with van der Waals surface area (Å²) < 4.78 is 130. The molecule has 0 spiro atoms. The van der Waals surface area contributed by atoms with Gasteiger partial charge in [-0.2, -0.15) is 0 Å². The molecule has 0 aromatic heterocycles. The molecule has 0 aliphatic carbocycles. The van der Waals surface area contributed by atoms with Crippen molar-refractivity contribution in [3.8, 4) is 0 Å². The van der Waals surface area contributed by atoms with Crippen molar-refractivity contribution in [1.82, 2.24) is 0 Å². The number of hydrogen-bond acceptors (Lipinski definition) is 15. The van der Waals surface area contributed by atoms with E-state index in [-0.39, 0.29) is 21.1 Å². The Morgan fingerprint density at radius 3 is 0.368 bits per heavy atom. The third kappa shape index (κ3) is 18800. The molecular weight excluding hydrogens is 639 g/mol. The van der Waals surface area contributed by atoms with Crippen LogP contribution in [0.5, 0.6) is 0 Å². The van der Waals surface area contributed by atoms with E-state index in [4.69, 9.17) is 55.8 Å². The van der Waals surface area contributed by atoms with Gasteiger partial charge in [0.15, 0.2) is 0 Å². The van der Waals surface area contributed by atoms with E-state index in [9.17, 15) is 0 Å². The summed E-state index contributed by atoms with van der Waals surface area (Å²) in [6.45, 7) is 0. The summed E-state index contributed by atoms with van der Waals surface area (Å²) in [5, 5.41) is 0. The van der Waals surface area contributed by atoms with Crippen LogP contribution in [0.25, 0.3) is 0 Å². The summed E-state index contributed by atoms with van der Waals surface area (Å²) in [6.07, 6.45) is 0. The first-order valence-corrected chi connectivity index (χ1v) is 12.8. The van der Waals surface area contributed by atoms with Crippen LogP contribution in [0.4, 0.5) is 0 Å². The van der Waals surface area contributed by atoms with Crippen molar-refractivity contribution in [3.05, 3.63) is 0 Å². The van der Waals surface area contributed by atoms with Crippen LogP contribution in [0.2, 0.25) is 0 Å². The van der Waals surface area contributed by atoms with E-state index in [2.05, 4.69) is 0 Å². The second kappa shape index (κ2) is 6.10. The Labute approximate surface area is 118 Å². The minimum atomic E-state index is -7.72. The molecule has 0 rings (SSSR count). The molecule has 0 bridgehead atoms. The standard InChI is InChI=1S/Mo.15O.3Ru/q+6;;;;;;;;;;6*-1;;;. The van der Waals surface area contributed by atoms with Crippen molar-refractivity contribution in [2.45, 2.75) is 0 Å². The SMILES string of the molecule is [Mo+6].[O]=[Ru](=[O])(=[O])([O-])[O-].[O]=[Ru](=[O])(=[O])([O-])[O-].[O]=[Ru](=[O])(=[O])([O-])[O-]. The van der Waals surface area contributed by atoms with Crippen molar-refractivity contribution < 1.29 is 119 Å². The second-order valence-electron chi connectivity index (χ2n) is 1.77. The van der Waals surface area contributed by atoms with Gasteiger partial charge in [-0.3, -0.25) is 0 Å². The average molecular weight is 639 g/mol. The predicted octanol–water partition coefficient (Wildman–Crippen LogP) is -8.21. The second-order valence-corrected chi connectivity index (χ2v) is 10.5. The average Bonchev–Trinajstić information content (AvgIpc) is 1.29. The third-order valence-electron chi connectivity index (χ3n) is 0. The molecule has 0 N–H and O–H groups in total. The van der Waals surface area contributed by atoms with Gasteiger partial charge in [0.25, 0.3) is 0 Å². The number of rotatable bonds is 0. The van der Waals surface area contributed by atoms with Crippen LogP contribution >= 0.6 is 0 Å². The Morgan fingerprint density at radius 1 is 0.368 bits per heavy atom. The summed E-state index contributed by atoms with van der Waals surface area (Å²) in [5.41, 5.74) is 0. The molecule has 19 heteroatoms. The molecule has 0 radical (unpaired) electrons. The van der Waals surface area contributed by atoms with Gasteiger partial charge < -0.3 is 0 Å². The molecule has 0 unspecified atom stereocenters. The van der Waals surface area contributed by atoms with Gasteiger partial charge in [0.2, 0.25) is 0 Å². The summed E-state index contributed by atoms with van der Waals surface area (Å²) in [6, 6.07) is 0. The quantitative estimate of drug-likeness (QED) is 0.222. The zero-order valence-electron chi connectivity index (χ0n) is 7.59. The van der Waals surface area contributed by atoms with Gasteiger partial charge in [-0.1, -0.05) is 0 Å². The van der Waals surface area contributed by atoms with Crippen molar-refractivity contribution in [2.24, 2.45) is 0 Å². The Morgan fingerprint density at radius 2 is 0.368 bits per heavy atom. The zero-order valence-corrected chi connectivity index (χ0v) is 14.8. The first-order valence-electron chi connectivity index (χ1n) is 2.17. The summed E-state index contributed by atoms with van der Waals surface area (Å²) >= 11 is -23.2. The van der Waals surface area contributed by atoms with Crippen LogP contribution in [0.3, 0.4) is 0 Å². The Bertz CT molecular complexity index is 686. The van der Waals surface area contributed by atoms with E-state index in [1.165, 1.54) is 0 Å². The van der Waals surface area contributed by atoms with Crippen molar-refractivity contribution in [1.29, 1.82) is 0 Å². The third-order valence-corrected chi connectivity index (χ3v) is 0. The maximum absolute atomic E-state index is 8.64. The first kappa shape index (κ1) is 27.8. The molecule has 19 heavy (non-hydrogen) atoms. The Balaban J connectivity index is -0.0000000865. The fourth-order valence-electron chi connectivity index (χ4n) is 0. The van der Waals surface area contributed by atoms with Gasteiger partial charge in [0.05, 0.1) is 0 Å². The van der Waals surface area contributed by atoms with Crippen LogP contribution in [0, 0.1) is 0 Å². The Kier molecular flexibility index (Phi) is 8.93. The van der Waals surface area contributed by atoms with Crippen molar-refractivity contribution in [2.75, 3.05) is 0 Å². The van der Waals surface area contributed by atoms with Crippen LogP contribution in [0.15, 0.2) is 0 Å². The molecule has 0 saturated carbocycles. The molecule has 0 amide bonds. The molecule has 0 saturated heterocycles. The summed E-state index contributed by atoms with van der Waals surface area (Å²) in [7, 11) is 0. The van der Waals surface area contributed by atoms with E-state index < -0.39 is 42.5 Å². The van der Waals surface area contributed by atoms with Gasteiger partial charge in [0.1, 0.15) is 0 Å². The van der Waals surface area contributed by atoms with E-state index >= 15 is 0 Å². The molecule has 0 aromatic rings. The van der Waals surface area contributed by atoms with E-state index in [1.807, 2.05) is 0 Å². The molecule has 0 aromatic carbocycles. The zero-order chi connectivity index (χ0) is 16.3. The van der Waals surface area contributed by atoms with Crippen LogP contribution in [0.1, 0.15) is 0 Å². The maximum atomic E-state index is 8.64. The van der Waals surface area contributed by atoms with Gasteiger partial charge in [0, 0.05) is 0 Å². The number of hydrogen-bond donors (Lipinski definition) is 0. The molecule has 120 valence electrons. The van der Waals surface area contributed by atoms with E-state index in [0.29, 0.717) is 0 Å². The summed E-state index contributed by atoms with van der Waals surface area (Å²) in [4.78, 5) is 0. The van der Waals surface area contributed by atoms with Gasteiger partial charge in [-0.25, -0.2) is 0 Å². The monoisotopic (exact) mass is 644 g/mol. The topological polar surface area (TPSA) is 292 Å². The van der Waals surface area contributed by atoms with Gasteiger partial charge in [-0.05, 0) is 0 Å². The van der Waals surface area contributed by atoms with Crippen LogP contribution in [-0.2, 0) is 95.7 Å². The molecular formula is MoO15Ru3. The van der Waals surface area contributed by atoms with Crippen LogP contribution < -0.4 is 23.6 Å². The first-order chi connectivity index (χ1) is 6.71. The molecule has 15 nitrogen and oxygen atoms in total. The molecule has 0 fully saturated rings. The van der Waals surface area contributed by atoms with Gasteiger partial charge in [-0.15, -0.1) is 0 Å². The molecule has 0 heterocycles. The minimum absolute atomic E-state index is 0. The van der Waals surface area contributed by atoms with Crippen molar-refractivity contribution in [3.63, 3.8) is 0 Å². The van der Waals surface area contributed by atoms with Crippen molar-refractivity contribution >= 4 is 0 Å². The summed E-state index contributed by atoms with van der Waals surface area (Å²) in [5.74, 6) is 0. The fourth-order valence-corrected chi connectivity index (χ4v) is 0.